The van der Waals surface area contributed by atoms with Crippen molar-refractivity contribution in [2.75, 3.05) is 0 Å². The number of benzene rings is 1. The molecule has 1 aromatic rings. The summed E-state index contributed by atoms with van der Waals surface area (Å²) in [5, 5.41) is 11.3. The zero-order valence-corrected chi connectivity index (χ0v) is 17.4. The fourth-order valence-electron chi connectivity index (χ4n) is 2.28. The molecule has 22 heavy (non-hydrogen) atoms. The van der Waals surface area contributed by atoms with Crippen LogP contribution >= 0.6 is 63.7 Å². The number of carboxylic acids is 1. The first-order chi connectivity index (χ1) is 10.2. The maximum Gasteiger partial charge on any atom is 0.263 e. The number of hydrogen-bond donors (Lipinski definition) is 0. The Morgan fingerprint density at radius 2 is 1.41 bits per heavy atom. The van der Waals surface area contributed by atoms with Gasteiger partial charge in [-0.25, -0.2) is 0 Å². The van der Waals surface area contributed by atoms with Crippen LogP contribution in [0.15, 0.2) is 17.9 Å². The summed E-state index contributed by atoms with van der Waals surface area (Å²) in [6.45, 7) is 1.77. The largest absolute Gasteiger partial charge is 0.548 e. The van der Waals surface area contributed by atoms with Crippen LogP contribution in [0.1, 0.15) is 40.5 Å². The van der Waals surface area contributed by atoms with Gasteiger partial charge in [0.25, 0.3) is 11.8 Å². The number of rotatable bonds is 4. The predicted octanol–water partition coefficient (Wildman–Crippen LogP) is 3.25. The van der Waals surface area contributed by atoms with E-state index in [4.69, 9.17) is 0 Å². The van der Waals surface area contributed by atoms with Crippen LogP contribution in [0.5, 0.6) is 0 Å². The summed E-state index contributed by atoms with van der Waals surface area (Å²) in [5.74, 6) is -2.74. The van der Waals surface area contributed by atoms with Crippen molar-refractivity contribution in [2.45, 2.75) is 25.8 Å². The van der Waals surface area contributed by atoms with Crippen molar-refractivity contribution in [3.63, 3.8) is 0 Å². The molecular formula is C13H8Br4NO4-. The lowest BCUT2D eigenvalue weighted by Gasteiger charge is -2.26. The molecule has 2 amide bonds. The summed E-state index contributed by atoms with van der Waals surface area (Å²) in [4.78, 5) is 37.3. The van der Waals surface area contributed by atoms with Gasteiger partial charge in [0.1, 0.15) is 0 Å². The number of hydrogen-bond acceptors (Lipinski definition) is 4. The highest BCUT2D eigenvalue weighted by Gasteiger charge is 2.44. The lowest BCUT2D eigenvalue weighted by Crippen LogP contribution is -2.50. The first-order valence-corrected chi connectivity index (χ1v) is 9.35. The van der Waals surface area contributed by atoms with Crippen LogP contribution in [0.25, 0.3) is 0 Å². The monoisotopic (exact) mass is 558 g/mol. The Bertz CT molecular complexity index is 657. The molecule has 0 aromatic heterocycles. The lowest BCUT2D eigenvalue weighted by molar-refractivity contribution is -0.310. The second-order valence-electron chi connectivity index (χ2n) is 4.61. The molecular weight excluding hydrogens is 554 g/mol. The molecule has 2 rings (SSSR count). The molecule has 0 radical (unpaired) electrons. The van der Waals surface area contributed by atoms with Gasteiger partial charge in [0, 0.05) is 17.9 Å². The quantitative estimate of drug-likeness (QED) is 0.321. The van der Waals surface area contributed by atoms with Gasteiger partial charge in [-0.1, -0.05) is 13.3 Å². The Morgan fingerprint density at radius 1 is 1.00 bits per heavy atom. The van der Waals surface area contributed by atoms with Crippen molar-refractivity contribution < 1.29 is 19.5 Å². The van der Waals surface area contributed by atoms with E-state index in [-0.39, 0.29) is 17.5 Å². The summed E-state index contributed by atoms with van der Waals surface area (Å²) >= 11 is 13.2. The molecule has 1 aliphatic rings. The average molecular weight is 562 g/mol. The summed E-state index contributed by atoms with van der Waals surface area (Å²) in [7, 11) is 0. The molecule has 1 atom stereocenters. The first kappa shape index (κ1) is 18.1. The van der Waals surface area contributed by atoms with Crippen LogP contribution < -0.4 is 5.11 Å². The van der Waals surface area contributed by atoms with Gasteiger partial charge >= 0.3 is 0 Å². The van der Waals surface area contributed by atoms with Crippen LogP contribution in [-0.2, 0) is 4.79 Å². The number of carboxylic acid groups (broad SMARTS) is 1. The smallest absolute Gasteiger partial charge is 0.263 e. The van der Waals surface area contributed by atoms with Gasteiger partial charge < -0.3 is 9.90 Å². The Kier molecular flexibility index (Phi) is 5.51. The molecule has 1 heterocycles. The second kappa shape index (κ2) is 6.70. The van der Waals surface area contributed by atoms with Gasteiger partial charge in [0.05, 0.1) is 23.1 Å². The molecule has 0 unspecified atom stereocenters. The number of carbonyl (C=O) groups is 3. The summed E-state index contributed by atoms with van der Waals surface area (Å²) in [5.41, 5.74) is 0.267. The van der Waals surface area contributed by atoms with Crippen molar-refractivity contribution in [1.29, 1.82) is 0 Å². The number of nitrogens with zero attached hydrogens (tertiary/aromatic N) is 1. The number of aliphatic carboxylic acids is 1. The minimum Gasteiger partial charge on any atom is -0.548 e. The van der Waals surface area contributed by atoms with E-state index in [1.54, 1.807) is 6.92 Å². The fourth-order valence-corrected chi connectivity index (χ4v) is 4.73. The zero-order valence-electron chi connectivity index (χ0n) is 11.1. The van der Waals surface area contributed by atoms with Gasteiger partial charge in [0.2, 0.25) is 0 Å². The van der Waals surface area contributed by atoms with Gasteiger partial charge in [-0.15, -0.1) is 0 Å². The van der Waals surface area contributed by atoms with E-state index in [2.05, 4.69) is 63.7 Å². The van der Waals surface area contributed by atoms with Crippen LogP contribution in [0.3, 0.4) is 0 Å². The summed E-state index contributed by atoms with van der Waals surface area (Å²) in [6, 6.07) is -1.28. The van der Waals surface area contributed by atoms with Gasteiger partial charge in [0.15, 0.2) is 0 Å². The number of carbonyl (C=O) groups excluding carboxylic acids is 3. The van der Waals surface area contributed by atoms with Crippen molar-refractivity contribution in [1.82, 2.24) is 4.90 Å². The van der Waals surface area contributed by atoms with Gasteiger partial charge in [-0.3, -0.25) is 14.5 Å². The Labute approximate surface area is 159 Å². The lowest BCUT2D eigenvalue weighted by atomic mass is 10.1. The van der Waals surface area contributed by atoms with Crippen LogP contribution in [-0.4, -0.2) is 28.7 Å². The van der Waals surface area contributed by atoms with E-state index in [1.807, 2.05) is 0 Å². The molecule has 1 aromatic carbocycles. The Morgan fingerprint density at radius 3 is 1.73 bits per heavy atom. The molecule has 0 fully saturated rings. The molecule has 0 bridgehead atoms. The predicted molar refractivity (Wildman–Crippen MR) is 91.4 cm³/mol. The van der Waals surface area contributed by atoms with Crippen LogP contribution in [0, 0.1) is 0 Å². The van der Waals surface area contributed by atoms with E-state index in [1.165, 1.54) is 0 Å². The zero-order chi connectivity index (χ0) is 16.8. The minimum atomic E-state index is -1.44. The number of imide groups is 1. The standard InChI is InChI=1S/C13H9Br4NO4/c1-2-3-4(13(21)22)18-11(19)5-6(12(18)20)8(15)10(17)9(16)7(5)14/h4H,2-3H2,1H3,(H,21,22)/p-1/t4-/m1/s1. The SMILES string of the molecule is CCC[C@H](C(=O)[O-])N1C(=O)c2c(Br)c(Br)c(Br)c(Br)c2C1=O. The molecule has 1 aliphatic heterocycles. The second-order valence-corrected chi connectivity index (χ2v) is 7.78. The topological polar surface area (TPSA) is 77.5 Å². The maximum atomic E-state index is 12.6. The molecule has 5 nitrogen and oxygen atoms in total. The molecule has 0 saturated carbocycles. The third kappa shape index (κ3) is 2.70. The van der Waals surface area contributed by atoms with E-state index in [9.17, 15) is 19.5 Å². The van der Waals surface area contributed by atoms with E-state index in [0.29, 0.717) is 24.3 Å². The number of fused-ring (bicyclic) bond motifs is 1. The Balaban J connectivity index is 2.66. The highest BCUT2D eigenvalue weighted by molar-refractivity contribution is 9.15. The highest BCUT2D eigenvalue weighted by atomic mass is 79.9. The van der Waals surface area contributed by atoms with Crippen molar-refractivity contribution in [3.8, 4) is 0 Å². The summed E-state index contributed by atoms with van der Waals surface area (Å²) in [6.07, 6.45) is 0.646. The van der Waals surface area contributed by atoms with E-state index < -0.39 is 23.8 Å². The van der Waals surface area contributed by atoms with Crippen molar-refractivity contribution in [3.05, 3.63) is 29.0 Å². The van der Waals surface area contributed by atoms with E-state index in [0.717, 1.165) is 4.90 Å². The van der Waals surface area contributed by atoms with Gasteiger partial charge in [-0.05, 0) is 70.1 Å². The van der Waals surface area contributed by atoms with Crippen LogP contribution in [0.2, 0.25) is 0 Å². The van der Waals surface area contributed by atoms with Gasteiger partial charge in [-0.2, -0.15) is 0 Å². The fraction of sp³-hybridized carbons (Fsp3) is 0.308. The van der Waals surface area contributed by atoms with Crippen molar-refractivity contribution >= 4 is 81.5 Å². The molecule has 0 spiro atoms. The molecule has 0 N–H and O–H groups in total. The molecule has 9 heteroatoms. The highest BCUT2D eigenvalue weighted by Crippen LogP contribution is 2.45. The number of halogens is 4. The number of amides is 2. The normalized spacial score (nSPS) is 15.2. The van der Waals surface area contributed by atoms with E-state index >= 15 is 0 Å². The van der Waals surface area contributed by atoms with Crippen molar-refractivity contribution in [2.24, 2.45) is 0 Å². The Hall–Kier alpha value is -0.250. The first-order valence-electron chi connectivity index (χ1n) is 6.18. The maximum absolute atomic E-state index is 12.6. The van der Waals surface area contributed by atoms with Crippen LogP contribution in [0.4, 0.5) is 0 Å². The minimum absolute atomic E-state index is 0.134. The molecule has 0 saturated heterocycles. The molecule has 118 valence electrons. The third-order valence-electron chi connectivity index (χ3n) is 3.28. The average Bonchev–Trinajstić information content (AvgIpc) is 2.72. The summed E-state index contributed by atoms with van der Waals surface area (Å²) < 4.78 is 1.90. The molecule has 0 aliphatic carbocycles. The third-order valence-corrected chi connectivity index (χ3v) is 8.05.